The van der Waals surface area contributed by atoms with Gasteiger partial charge in [-0.05, 0) is 18.2 Å². The predicted octanol–water partition coefficient (Wildman–Crippen LogP) is 1.95. The number of hydrogen-bond donors (Lipinski definition) is 1. The molecular weight excluding hydrogens is 287 g/mol. The van der Waals surface area contributed by atoms with Gasteiger partial charge in [0.2, 0.25) is 0 Å². The molecule has 1 aliphatic rings. The van der Waals surface area contributed by atoms with E-state index in [9.17, 15) is 4.39 Å². The number of nitrogens with zero attached hydrogens (tertiary/aromatic N) is 3. The summed E-state index contributed by atoms with van der Waals surface area (Å²) >= 11 is 3.34. The molecule has 4 nitrogen and oxygen atoms in total. The van der Waals surface area contributed by atoms with Crippen molar-refractivity contribution in [1.82, 2.24) is 20.1 Å². The molecule has 0 aliphatic carbocycles. The molecule has 1 aromatic heterocycles. The highest BCUT2D eigenvalue weighted by atomic mass is 79.9. The molecule has 0 atom stereocenters. The largest absolute Gasteiger partial charge is 0.309 e. The summed E-state index contributed by atoms with van der Waals surface area (Å²) in [5.74, 6) is 1.17. The molecule has 0 saturated carbocycles. The first-order valence-corrected chi connectivity index (χ1v) is 6.13. The van der Waals surface area contributed by atoms with Crippen LogP contribution in [0.3, 0.4) is 0 Å². The minimum absolute atomic E-state index is 0.276. The average molecular weight is 297 g/mol. The Hall–Kier alpha value is -1.27. The van der Waals surface area contributed by atoms with Crippen LogP contribution in [0.25, 0.3) is 11.4 Å². The Labute approximate surface area is 106 Å². The molecule has 0 bridgehead atoms. The Morgan fingerprint density at radius 1 is 1.35 bits per heavy atom. The zero-order valence-electron chi connectivity index (χ0n) is 8.95. The molecule has 1 aliphatic heterocycles. The molecule has 2 heterocycles. The van der Waals surface area contributed by atoms with Gasteiger partial charge in [0, 0.05) is 17.6 Å². The summed E-state index contributed by atoms with van der Waals surface area (Å²) < 4.78 is 16.6. The normalized spacial score (nSPS) is 14.7. The second kappa shape index (κ2) is 4.19. The van der Waals surface area contributed by atoms with Crippen molar-refractivity contribution in [2.45, 2.75) is 13.1 Å². The van der Waals surface area contributed by atoms with E-state index in [4.69, 9.17) is 0 Å². The van der Waals surface area contributed by atoms with Crippen LogP contribution >= 0.6 is 15.9 Å². The fourth-order valence-corrected chi connectivity index (χ4v) is 2.32. The van der Waals surface area contributed by atoms with Crippen molar-refractivity contribution < 1.29 is 4.39 Å². The molecule has 6 heteroatoms. The van der Waals surface area contributed by atoms with Crippen molar-refractivity contribution in [3.05, 3.63) is 34.3 Å². The fraction of sp³-hybridized carbons (Fsp3) is 0.273. The third-order valence-electron chi connectivity index (χ3n) is 2.79. The Bertz CT molecular complexity index is 567. The molecule has 0 amide bonds. The Morgan fingerprint density at radius 3 is 3.12 bits per heavy atom. The third-order valence-corrected chi connectivity index (χ3v) is 3.29. The van der Waals surface area contributed by atoms with Crippen molar-refractivity contribution in [2.24, 2.45) is 0 Å². The van der Waals surface area contributed by atoms with Gasteiger partial charge in [0.05, 0.1) is 12.1 Å². The first kappa shape index (κ1) is 10.9. The number of aromatic nitrogens is 3. The van der Waals surface area contributed by atoms with E-state index in [2.05, 4.69) is 31.4 Å². The quantitative estimate of drug-likeness (QED) is 0.875. The van der Waals surface area contributed by atoms with Gasteiger partial charge in [0.15, 0.2) is 5.82 Å². The van der Waals surface area contributed by atoms with Crippen LogP contribution in [0.5, 0.6) is 0 Å². The molecule has 1 N–H and O–H groups in total. The standard InChI is InChI=1S/C11H10BrFN4/c12-7-1-2-9(13)8(5-7)11-16-15-10-6-14-3-4-17(10)11/h1-2,5,14H,3-4,6H2. The van der Waals surface area contributed by atoms with E-state index >= 15 is 0 Å². The second-order valence-corrected chi connectivity index (χ2v) is 4.81. The minimum atomic E-state index is -0.276. The van der Waals surface area contributed by atoms with E-state index in [1.165, 1.54) is 6.07 Å². The van der Waals surface area contributed by atoms with Crippen LogP contribution in [-0.2, 0) is 13.1 Å². The summed E-state index contributed by atoms with van der Waals surface area (Å²) in [6.45, 7) is 2.31. The molecule has 3 rings (SSSR count). The maximum absolute atomic E-state index is 13.8. The van der Waals surface area contributed by atoms with Crippen LogP contribution in [0, 0.1) is 5.82 Å². The summed E-state index contributed by atoms with van der Waals surface area (Å²) in [4.78, 5) is 0. The van der Waals surface area contributed by atoms with Crippen molar-refractivity contribution in [3.63, 3.8) is 0 Å². The van der Waals surface area contributed by atoms with Crippen molar-refractivity contribution in [2.75, 3.05) is 6.54 Å². The molecule has 0 radical (unpaired) electrons. The lowest BCUT2D eigenvalue weighted by molar-refractivity contribution is 0.507. The molecule has 0 fully saturated rings. The monoisotopic (exact) mass is 296 g/mol. The summed E-state index contributed by atoms with van der Waals surface area (Å²) in [5.41, 5.74) is 0.486. The number of hydrogen-bond acceptors (Lipinski definition) is 3. The maximum Gasteiger partial charge on any atom is 0.167 e. The topological polar surface area (TPSA) is 42.7 Å². The van der Waals surface area contributed by atoms with Gasteiger partial charge in [-0.15, -0.1) is 10.2 Å². The Morgan fingerprint density at radius 2 is 2.24 bits per heavy atom. The zero-order chi connectivity index (χ0) is 11.8. The number of benzene rings is 1. The van der Waals surface area contributed by atoms with Crippen molar-refractivity contribution in [1.29, 1.82) is 0 Å². The van der Waals surface area contributed by atoms with Crippen LogP contribution < -0.4 is 5.32 Å². The fourth-order valence-electron chi connectivity index (χ4n) is 1.96. The number of rotatable bonds is 1. The molecule has 0 unspecified atom stereocenters. The smallest absolute Gasteiger partial charge is 0.167 e. The number of halogens is 2. The van der Waals surface area contributed by atoms with Gasteiger partial charge >= 0.3 is 0 Å². The molecule has 17 heavy (non-hydrogen) atoms. The SMILES string of the molecule is Fc1ccc(Br)cc1-c1nnc2n1CCNC2. The molecule has 88 valence electrons. The highest BCUT2D eigenvalue weighted by Crippen LogP contribution is 2.26. The summed E-state index contributed by atoms with van der Waals surface area (Å²) in [6, 6.07) is 4.84. The average Bonchev–Trinajstić information content (AvgIpc) is 2.76. The van der Waals surface area contributed by atoms with Crippen LogP contribution in [0.1, 0.15) is 5.82 Å². The van der Waals surface area contributed by atoms with Gasteiger partial charge in [-0.3, -0.25) is 0 Å². The summed E-state index contributed by atoms with van der Waals surface area (Å²) in [5, 5.41) is 11.4. The second-order valence-electron chi connectivity index (χ2n) is 3.89. The van der Waals surface area contributed by atoms with Crippen molar-refractivity contribution >= 4 is 15.9 Å². The lowest BCUT2D eigenvalue weighted by Crippen LogP contribution is -2.28. The number of fused-ring (bicyclic) bond motifs is 1. The minimum Gasteiger partial charge on any atom is -0.309 e. The lowest BCUT2D eigenvalue weighted by Gasteiger charge is -2.16. The molecule has 0 spiro atoms. The summed E-state index contributed by atoms with van der Waals surface area (Å²) in [6.07, 6.45) is 0. The summed E-state index contributed by atoms with van der Waals surface area (Å²) in [7, 11) is 0. The Kier molecular flexibility index (Phi) is 2.68. The third kappa shape index (κ3) is 1.87. The predicted molar refractivity (Wildman–Crippen MR) is 64.8 cm³/mol. The highest BCUT2D eigenvalue weighted by molar-refractivity contribution is 9.10. The molecular formula is C11H10BrFN4. The van der Waals surface area contributed by atoms with E-state index in [0.29, 0.717) is 17.9 Å². The Balaban J connectivity index is 2.15. The van der Waals surface area contributed by atoms with Gasteiger partial charge in [-0.25, -0.2) is 4.39 Å². The first-order chi connectivity index (χ1) is 8.25. The van der Waals surface area contributed by atoms with Crippen molar-refractivity contribution in [3.8, 4) is 11.4 Å². The molecule has 2 aromatic rings. The highest BCUT2D eigenvalue weighted by Gasteiger charge is 2.18. The number of nitrogens with one attached hydrogen (secondary N) is 1. The molecule has 0 saturated heterocycles. The molecule has 1 aromatic carbocycles. The van der Waals surface area contributed by atoms with E-state index in [1.807, 2.05) is 4.57 Å². The van der Waals surface area contributed by atoms with Gasteiger partial charge in [-0.2, -0.15) is 0 Å². The van der Waals surface area contributed by atoms with Crippen LogP contribution in [-0.4, -0.2) is 21.3 Å². The van der Waals surface area contributed by atoms with Gasteiger partial charge in [0.1, 0.15) is 11.6 Å². The zero-order valence-corrected chi connectivity index (χ0v) is 10.5. The van der Waals surface area contributed by atoms with Gasteiger partial charge in [-0.1, -0.05) is 15.9 Å². The van der Waals surface area contributed by atoms with E-state index in [0.717, 1.165) is 23.4 Å². The van der Waals surface area contributed by atoms with Gasteiger partial charge < -0.3 is 9.88 Å². The van der Waals surface area contributed by atoms with E-state index in [1.54, 1.807) is 12.1 Å². The van der Waals surface area contributed by atoms with Crippen LogP contribution in [0.15, 0.2) is 22.7 Å². The maximum atomic E-state index is 13.8. The first-order valence-electron chi connectivity index (χ1n) is 5.34. The van der Waals surface area contributed by atoms with Crippen LogP contribution in [0.4, 0.5) is 4.39 Å². The van der Waals surface area contributed by atoms with E-state index in [-0.39, 0.29) is 5.82 Å². The van der Waals surface area contributed by atoms with Crippen LogP contribution in [0.2, 0.25) is 0 Å². The van der Waals surface area contributed by atoms with E-state index < -0.39 is 0 Å². The van der Waals surface area contributed by atoms with Gasteiger partial charge in [0.25, 0.3) is 0 Å². The lowest BCUT2D eigenvalue weighted by atomic mass is 10.2.